The maximum absolute atomic E-state index is 14.3. The third kappa shape index (κ3) is 2.60. The van der Waals surface area contributed by atoms with E-state index in [4.69, 9.17) is 4.74 Å². The number of methoxy groups -OCH3 is 1. The van der Waals surface area contributed by atoms with E-state index in [0.717, 1.165) is 0 Å². The van der Waals surface area contributed by atoms with Crippen molar-refractivity contribution in [1.82, 2.24) is 4.90 Å². The lowest BCUT2D eigenvalue weighted by molar-refractivity contribution is -0.121. The predicted octanol–water partition coefficient (Wildman–Crippen LogP) is 3.61. The van der Waals surface area contributed by atoms with Gasteiger partial charge >= 0.3 is 0 Å². The summed E-state index contributed by atoms with van der Waals surface area (Å²) in [7, 11) is 1.55. The van der Waals surface area contributed by atoms with E-state index in [2.05, 4.69) is 5.32 Å². The minimum atomic E-state index is -1.26. The molecule has 2 aliphatic heterocycles. The third-order valence-electron chi connectivity index (χ3n) is 4.84. The molecular weight excluding hydrogens is 367 g/mol. The quantitative estimate of drug-likeness (QED) is 0.857. The van der Waals surface area contributed by atoms with Crippen LogP contribution in [-0.2, 0) is 9.67 Å². The molecule has 1 unspecified atom stereocenters. The maximum Gasteiger partial charge on any atom is 0.265 e. The molecule has 0 aromatic heterocycles. The number of nitrogens with zero attached hydrogens (tertiary/aromatic N) is 1. The van der Waals surface area contributed by atoms with Crippen LogP contribution in [0.25, 0.3) is 0 Å². The number of carbonyl (C=O) groups excluding carboxylic acids is 2. The number of amides is 2. The summed E-state index contributed by atoms with van der Waals surface area (Å²) in [5.74, 6) is -0.812. The molecule has 0 bridgehead atoms. The van der Waals surface area contributed by atoms with Crippen LogP contribution >= 0.6 is 11.8 Å². The second-order valence-electron chi connectivity index (χ2n) is 7.24. The molecule has 1 saturated heterocycles. The van der Waals surface area contributed by atoms with E-state index in [1.165, 1.54) is 34.9 Å². The molecular formula is C20H19FN2O3S. The Morgan fingerprint density at radius 1 is 1.26 bits per heavy atom. The lowest BCUT2D eigenvalue weighted by atomic mass is 10.0. The van der Waals surface area contributed by atoms with Crippen LogP contribution in [0.4, 0.5) is 10.1 Å². The number of nitrogens with one attached hydrogen (secondary N) is 1. The monoisotopic (exact) mass is 386 g/mol. The van der Waals surface area contributed by atoms with E-state index >= 15 is 0 Å². The average molecular weight is 386 g/mol. The van der Waals surface area contributed by atoms with Crippen molar-refractivity contribution >= 4 is 29.3 Å². The number of hydrogen-bond acceptors (Lipinski definition) is 4. The largest absolute Gasteiger partial charge is 0.497 e. The number of anilines is 1. The van der Waals surface area contributed by atoms with Gasteiger partial charge in [-0.3, -0.25) is 9.59 Å². The van der Waals surface area contributed by atoms with Crippen LogP contribution in [0.3, 0.4) is 0 Å². The van der Waals surface area contributed by atoms with Crippen molar-refractivity contribution in [3.05, 3.63) is 59.4 Å². The summed E-state index contributed by atoms with van der Waals surface area (Å²) in [6, 6.07) is 11.1. The van der Waals surface area contributed by atoms with Crippen molar-refractivity contribution in [1.29, 1.82) is 0 Å². The highest BCUT2D eigenvalue weighted by atomic mass is 32.2. The Bertz CT molecular complexity index is 962. The van der Waals surface area contributed by atoms with Crippen molar-refractivity contribution in [3.63, 3.8) is 0 Å². The number of thioether (sulfide) groups is 1. The van der Waals surface area contributed by atoms with E-state index in [0.29, 0.717) is 23.5 Å². The normalized spacial score (nSPS) is 22.7. The van der Waals surface area contributed by atoms with Crippen molar-refractivity contribution in [2.75, 3.05) is 19.0 Å². The van der Waals surface area contributed by atoms with Crippen LogP contribution in [0.15, 0.2) is 42.5 Å². The SMILES string of the molecule is COc1ccc2c(c1)C1(SC(C)(C)CN1C(=O)c1ccccc1F)C(=O)N2. The van der Waals surface area contributed by atoms with Gasteiger partial charge < -0.3 is 15.0 Å². The first-order valence-electron chi connectivity index (χ1n) is 8.55. The van der Waals surface area contributed by atoms with Gasteiger partial charge in [-0.2, -0.15) is 0 Å². The molecule has 1 fully saturated rings. The topological polar surface area (TPSA) is 58.6 Å². The van der Waals surface area contributed by atoms with E-state index in [-0.39, 0.29) is 16.2 Å². The lowest BCUT2D eigenvalue weighted by Gasteiger charge is -2.32. The van der Waals surface area contributed by atoms with Crippen molar-refractivity contribution in [3.8, 4) is 5.75 Å². The van der Waals surface area contributed by atoms with Gasteiger partial charge in [-0.25, -0.2) is 4.39 Å². The minimum Gasteiger partial charge on any atom is -0.497 e. The molecule has 27 heavy (non-hydrogen) atoms. The molecule has 0 aliphatic carbocycles. The molecule has 7 heteroatoms. The van der Waals surface area contributed by atoms with Crippen molar-refractivity contribution in [2.24, 2.45) is 0 Å². The zero-order chi connectivity index (χ0) is 19.4. The van der Waals surface area contributed by atoms with Crippen LogP contribution in [0.2, 0.25) is 0 Å². The van der Waals surface area contributed by atoms with E-state index < -0.39 is 16.6 Å². The molecule has 2 heterocycles. The van der Waals surface area contributed by atoms with Gasteiger partial charge in [0.15, 0.2) is 4.87 Å². The third-order valence-corrected chi connectivity index (χ3v) is 6.44. The zero-order valence-electron chi connectivity index (χ0n) is 15.2. The van der Waals surface area contributed by atoms with Crippen molar-refractivity contribution in [2.45, 2.75) is 23.5 Å². The fourth-order valence-electron chi connectivity index (χ4n) is 3.71. The molecule has 0 saturated carbocycles. The molecule has 140 valence electrons. The first-order valence-corrected chi connectivity index (χ1v) is 9.37. The Morgan fingerprint density at radius 3 is 2.70 bits per heavy atom. The lowest BCUT2D eigenvalue weighted by Crippen LogP contribution is -2.48. The van der Waals surface area contributed by atoms with Crippen molar-refractivity contribution < 1.29 is 18.7 Å². The minimum absolute atomic E-state index is 0.0423. The maximum atomic E-state index is 14.3. The fraction of sp³-hybridized carbons (Fsp3) is 0.300. The van der Waals surface area contributed by atoms with E-state index in [1.807, 2.05) is 13.8 Å². The Hall–Kier alpha value is -2.54. The van der Waals surface area contributed by atoms with Crippen LogP contribution < -0.4 is 10.1 Å². The standard InChI is InChI=1S/C20H19FN2O3S/c1-19(2)11-23(17(24)13-6-4-5-7-15(13)21)20(27-19)14-10-12(26-3)8-9-16(14)22-18(20)25/h4-10H,11H2,1-3H3,(H,22,25). The Labute approximate surface area is 160 Å². The molecule has 1 N–H and O–H groups in total. The summed E-state index contributed by atoms with van der Waals surface area (Å²) in [6.45, 7) is 4.26. The van der Waals surface area contributed by atoms with E-state index in [9.17, 15) is 14.0 Å². The van der Waals surface area contributed by atoms with Gasteiger partial charge in [-0.15, -0.1) is 11.8 Å². The number of fused-ring (bicyclic) bond motifs is 2. The van der Waals surface area contributed by atoms with Gasteiger partial charge in [0.1, 0.15) is 11.6 Å². The average Bonchev–Trinajstić information content (AvgIpc) is 3.08. The van der Waals surface area contributed by atoms with E-state index in [1.54, 1.807) is 31.4 Å². The first-order chi connectivity index (χ1) is 12.8. The van der Waals surface area contributed by atoms with Crippen LogP contribution in [0.5, 0.6) is 5.75 Å². The number of halogens is 1. The van der Waals surface area contributed by atoms with Gasteiger partial charge in [0, 0.05) is 22.5 Å². The molecule has 2 aromatic carbocycles. The second kappa shape index (κ2) is 5.99. The summed E-state index contributed by atoms with van der Waals surface area (Å²) in [4.78, 5) is 26.6. The van der Waals surface area contributed by atoms with Crippen LogP contribution in [-0.4, -0.2) is 35.1 Å². The van der Waals surface area contributed by atoms with Gasteiger partial charge in [0.25, 0.3) is 11.8 Å². The molecule has 1 spiro atoms. The molecule has 4 rings (SSSR count). The summed E-state index contributed by atoms with van der Waals surface area (Å²) in [5.41, 5.74) is 1.25. The summed E-state index contributed by atoms with van der Waals surface area (Å²) < 4.78 is 19.2. The number of rotatable bonds is 2. The van der Waals surface area contributed by atoms with Gasteiger partial charge in [0.2, 0.25) is 0 Å². The Kier molecular flexibility index (Phi) is 3.96. The summed E-state index contributed by atoms with van der Waals surface area (Å²) in [5, 5.41) is 2.87. The number of ether oxygens (including phenoxy) is 1. The highest BCUT2D eigenvalue weighted by molar-refractivity contribution is 8.02. The highest BCUT2D eigenvalue weighted by Gasteiger charge is 2.61. The first kappa shape index (κ1) is 17.9. The molecule has 5 nitrogen and oxygen atoms in total. The number of benzene rings is 2. The fourth-order valence-corrected chi connectivity index (χ4v) is 5.39. The molecule has 2 aliphatic rings. The highest BCUT2D eigenvalue weighted by Crippen LogP contribution is 2.58. The molecule has 1 atom stereocenters. The molecule has 0 radical (unpaired) electrons. The second-order valence-corrected chi connectivity index (χ2v) is 9.14. The van der Waals surface area contributed by atoms with Gasteiger partial charge in [0.05, 0.1) is 12.7 Å². The summed E-state index contributed by atoms with van der Waals surface area (Å²) in [6.07, 6.45) is 0. The predicted molar refractivity (Wildman–Crippen MR) is 102 cm³/mol. The smallest absolute Gasteiger partial charge is 0.265 e. The number of hydrogen-bond donors (Lipinski definition) is 1. The molecule has 2 aromatic rings. The van der Waals surface area contributed by atoms with Crippen LogP contribution in [0.1, 0.15) is 29.8 Å². The van der Waals surface area contributed by atoms with Gasteiger partial charge in [-0.1, -0.05) is 12.1 Å². The van der Waals surface area contributed by atoms with Crippen LogP contribution in [0, 0.1) is 5.82 Å². The van der Waals surface area contributed by atoms with Gasteiger partial charge in [-0.05, 0) is 44.2 Å². The summed E-state index contributed by atoms with van der Waals surface area (Å²) >= 11 is 1.40. The Balaban J connectivity index is 1.89. The molecule has 2 amide bonds. The zero-order valence-corrected chi connectivity index (χ0v) is 16.0. The Morgan fingerprint density at radius 2 is 2.00 bits per heavy atom. The number of carbonyl (C=O) groups is 2.